The van der Waals surface area contributed by atoms with Crippen molar-refractivity contribution in [2.75, 3.05) is 26.2 Å². The van der Waals surface area contributed by atoms with E-state index < -0.39 is 0 Å². The van der Waals surface area contributed by atoms with Gasteiger partial charge in [0, 0.05) is 19.1 Å². The third-order valence-electron chi connectivity index (χ3n) is 3.45. The van der Waals surface area contributed by atoms with E-state index in [-0.39, 0.29) is 6.10 Å². The van der Waals surface area contributed by atoms with E-state index in [1.165, 1.54) is 32.2 Å². The van der Waals surface area contributed by atoms with Crippen molar-refractivity contribution >= 4 is 0 Å². The zero-order chi connectivity index (χ0) is 9.80. The van der Waals surface area contributed by atoms with Crippen LogP contribution in [0.1, 0.15) is 32.1 Å². The van der Waals surface area contributed by atoms with Crippen molar-refractivity contribution < 1.29 is 5.11 Å². The molecular formula is C11H22N2O. The Labute approximate surface area is 86.5 Å². The second kappa shape index (κ2) is 5.10. The monoisotopic (exact) mass is 198 g/mol. The zero-order valence-corrected chi connectivity index (χ0v) is 8.91. The van der Waals surface area contributed by atoms with Gasteiger partial charge in [0.15, 0.2) is 0 Å². The van der Waals surface area contributed by atoms with Crippen molar-refractivity contribution in [1.82, 2.24) is 10.2 Å². The molecule has 3 heteroatoms. The Bertz CT molecular complexity index is 164. The van der Waals surface area contributed by atoms with Crippen LogP contribution in [-0.2, 0) is 0 Å². The first kappa shape index (κ1) is 10.4. The predicted molar refractivity (Wildman–Crippen MR) is 57.3 cm³/mol. The highest BCUT2D eigenvalue weighted by molar-refractivity contribution is 4.78. The molecule has 0 bridgehead atoms. The van der Waals surface area contributed by atoms with Crippen LogP contribution in [0.5, 0.6) is 0 Å². The predicted octanol–water partition coefficient (Wildman–Crippen LogP) is 0.585. The molecule has 0 aliphatic carbocycles. The minimum atomic E-state index is -0.0608. The summed E-state index contributed by atoms with van der Waals surface area (Å²) in [6.45, 7) is 4.35. The highest BCUT2D eigenvalue weighted by Gasteiger charge is 2.21. The quantitative estimate of drug-likeness (QED) is 0.696. The molecule has 0 aromatic rings. The van der Waals surface area contributed by atoms with Crippen LogP contribution in [0.4, 0.5) is 0 Å². The largest absolute Gasteiger partial charge is 0.392 e. The number of hydrogen-bond donors (Lipinski definition) is 2. The molecule has 0 spiro atoms. The fraction of sp³-hybridized carbons (Fsp3) is 1.00. The van der Waals surface area contributed by atoms with Crippen molar-refractivity contribution in [3.63, 3.8) is 0 Å². The van der Waals surface area contributed by atoms with Gasteiger partial charge >= 0.3 is 0 Å². The number of rotatable bonds is 3. The minimum Gasteiger partial charge on any atom is -0.392 e. The van der Waals surface area contributed by atoms with Crippen molar-refractivity contribution in [1.29, 1.82) is 0 Å². The zero-order valence-electron chi connectivity index (χ0n) is 8.91. The van der Waals surface area contributed by atoms with Gasteiger partial charge in [-0.2, -0.15) is 0 Å². The molecule has 0 radical (unpaired) electrons. The molecule has 3 nitrogen and oxygen atoms in total. The van der Waals surface area contributed by atoms with Gasteiger partial charge in [0.25, 0.3) is 0 Å². The van der Waals surface area contributed by atoms with Gasteiger partial charge in [-0.05, 0) is 38.8 Å². The molecule has 0 aromatic heterocycles. The number of β-amino-alcohol motifs (C(OH)–C–C–N with tert-alkyl or cyclic N) is 1. The first-order valence-electron chi connectivity index (χ1n) is 5.98. The van der Waals surface area contributed by atoms with E-state index in [1.54, 1.807) is 0 Å². The molecule has 82 valence electrons. The normalized spacial score (nSPS) is 34.9. The van der Waals surface area contributed by atoms with E-state index in [1.807, 2.05) is 0 Å². The fourth-order valence-corrected chi connectivity index (χ4v) is 2.52. The molecule has 14 heavy (non-hydrogen) atoms. The summed E-state index contributed by atoms with van der Waals surface area (Å²) in [6.07, 6.45) is 6.25. The summed E-state index contributed by atoms with van der Waals surface area (Å²) >= 11 is 0. The van der Waals surface area contributed by atoms with Gasteiger partial charge in [-0.3, -0.25) is 0 Å². The summed E-state index contributed by atoms with van der Waals surface area (Å²) in [7, 11) is 0. The number of hydrogen-bond acceptors (Lipinski definition) is 3. The lowest BCUT2D eigenvalue weighted by Gasteiger charge is -2.25. The van der Waals surface area contributed by atoms with Gasteiger partial charge in [-0.25, -0.2) is 0 Å². The lowest BCUT2D eigenvalue weighted by molar-refractivity contribution is 0.174. The van der Waals surface area contributed by atoms with Crippen LogP contribution in [0.15, 0.2) is 0 Å². The SMILES string of the molecule is O[C@H]1CCN(CC[C@H]2CCCCN2)C1. The lowest BCUT2D eigenvalue weighted by Crippen LogP contribution is -2.37. The van der Waals surface area contributed by atoms with E-state index in [9.17, 15) is 5.11 Å². The number of likely N-dealkylation sites (tertiary alicyclic amines) is 1. The van der Waals surface area contributed by atoms with Gasteiger partial charge in [0.1, 0.15) is 0 Å². The summed E-state index contributed by atoms with van der Waals surface area (Å²) in [5.41, 5.74) is 0. The highest BCUT2D eigenvalue weighted by atomic mass is 16.3. The Hall–Kier alpha value is -0.120. The molecule has 2 rings (SSSR count). The topological polar surface area (TPSA) is 35.5 Å². The van der Waals surface area contributed by atoms with Gasteiger partial charge in [0.2, 0.25) is 0 Å². The minimum absolute atomic E-state index is 0.0608. The summed E-state index contributed by atoms with van der Waals surface area (Å²) in [5, 5.41) is 12.9. The van der Waals surface area contributed by atoms with Crippen LogP contribution in [0.25, 0.3) is 0 Å². The molecule has 2 saturated heterocycles. The number of aliphatic hydroxyl groups is 1. The van der Waals surface area contributed by atoms with Crippen molar-refractivity contribution in [3.8, 4) is 0 Å². The van der Waals surface area contributed by atoms with Gasteiger partial charge < -0.3 is 15.3 Å². The second-order valence-corrected chi connectivity index (χ2v) is 4.68. The molecule has 0 aromatic carbocycles. The third-order valence-corrected chi connectivity index (χ3v) is 3.45. The molecule has 2 N–H and O–H groups in total. The van der Waals surface area contributed by atoms with Crippen LogP contribution in [-0.4, -0.2) is 48.3 Å². The molecule has 2 aliphatic rings. The van der Waals surface area contributed by atoms with E-state index in [4.69, 9.17) is 0 Å². The van der Waals surface area contributed by atoms with Gasteiger partial charge in [0.05, 0.1) is 6.10 Å². The third kappa shape index (κ3) is 2.94. The number of nitrogens with zero attached hydrogens (tertiary/aromatic N) is 1. The van der Waals surface area contributed by atoms with Gasteiger partial charge in [-0.15, -0.1) is 0 Å². The Morgan fingerprint density at radius 3 is 2.86 bits per heavy atom. The highest BCUT2D eigenvalue weighted by Crippen LogP contribution is 2.13. The van der Waals surface area contributed by atoms with Crippen LogP contribution in [0, 0.1) is 0 Å². The smallest absolute Gasteiger partial charge is 0.0679 e. The van der Waals surface area contributed by atoms with Crippen LogP contribution in [0.3, 0.4) is 0 Å². The summed E-state index contributed by atoms with van der Waals surface area (Å²) in [6, 6.07) is 0.737. The fourth-order valence-electron chi connectivity index (χ4n) is 2.52. The van der Waals surface area contributed by atoms with Crippen molar-refractivity contribution in [2.24, 2.45) is 0 Å². The molecule has 2 atom stereocenters. The second-order valence-electron chi connectivity index (χ2n) is 4.68. The average Bonchev–Trinajstić information content (AvgIpc) is 2.63. The van der Waals surface area contributed by atoms with E-state index in [0.29, 0.717) is 0 Å². The standard InChI is InChI=1S/C11H22N2O/c14-11-5-8-13(9-11)7-4-10-3-1-2-6-12-10/h10-12,14H,1-9H2/t10-,11+/m1/s1. The first-order valence-corrected chi connectivity index (χ1v) is 5.98. The first-order chi connectivity index (χ1) is 6.84. The number of piperidine rings is 1. The Morgan fingerprint density at radius 2 is 2.21 bits per heavy atom. The Balaban J connectivity index is 1.61. The molecule has 0 saturated carbocycles. The maximum Gasteiger partial charge on any atom is 0.0679 e. The number of nitrogens with one attached hydrogen (secondary N) is 1. The summed E-state index contributed by atoms with van der Waals surface area (Å²) in [5.74, 6) is 0. The Kier molecular flexibility index (Phi) is 3.79. The molecule has 2 fully saturated rings. The van der Waals surface area contributed by atoms with Crippen LogP contribution >= 0.6 is 0 Å². The van der Waals surface area contributed by atoms with Crippen molar-refractivity contribution in [2.45, 2.75) is 44.2 Å². The summed E-state index contributed by atoms with van der Waals surface area (Å²) < 4.78 is 0. The maximum absolute atomic E-state index is 9.38. The van der Waals surface area contributed by atoms with Gasteiger partial charge in [-0.1, -0.05) is 6.42 Å². The molecule has 2 aliphatic heterocycles. The maximum atomic E-state index is 9.38. The molecule has 2 heterocycles. The van der Waals surface area contributed by atoms with E-state index >= 15 is 0 Å². The average molecular weight is 198 g/mol. The van der Waals surface area contributed by atoms with Crippen LogP contribution in [0.2, 0.25) is 0 Å². The summed E-state index contributed by atoms with van der Waals surface area (Å²) in [4.78, 5) is 2.39. The number of aliphatic hydroxyl groups excluding tert-OH is 1. The molecule has 0 amide bonds. The Morgan fingerprint density at radius 1 is 1.29 bits per heavy atom. The molecule has 0 unspecified atom stereocenters. The lowest BCUT2D eigenvalue weighted by atomic mass is 10.0. The van der Waals surface area contributed by atoms with E-state index in [2.05, 4.69) is 10.2 Å². The molecular weight excluding hydrogens is 176 g/mol. The van der Waals surface area contributed by atoms with E-state index in [0.717, 1.165) is 32.1 Å². The van der Waals surface area contributed by atoms with Crippen LogP contribution < -0.4 is 5.32 Å². The van der Waals surface area contributed by atoms with Crippen molar-refractivity contribution in [3.05, 3.63) is 0 Å².